The number of hydrogen-bond acceptors (Lipinski definition) is 4. The van der Waals surface area contributed by atoms with Crippen molar-refractivity contribution in [3.63, 3.8) is 0 Å². The zero-order valence-electron chi connectivity index (χ0n) is 10.7. The van der Waals surface area contributed by atoms with Gasteiger partial charge in [0.2, 0.25) is 0 Å². The van der Waals surface area contributed by atoms with E-state index in [-0.39, 0.29) is 12.0 Å². The molecule has 1 fully saturated rings. The summed E-state index contributed by atoms with van der Waals surface area (Å²) >= 11 is 0. The van der Waals surface area contributed by atoms with E-state index in [1.54, 1.807) is 0 Å². The highest BCUT2D eigenvalue weighted by atomic mass is 16.5. The van der Waals surface area contributed by atoms with E-state index in [0.29, 0.717) is 26.4 Å². The molecule has 1 heterocycles. The monoisotopic (exact) mass is 252 g/mol. The summed E-state index contributed by atoms with van der Waals surface area (Å²) in [4.78, 5) is 0. The standard InChI is InChI=1S/C14H20O4/c1-2-7-17-12-5-3-4-6-13(12)18-11-14(8-15)9-16-10-14/h3-6,15H,2,7-11H2,1H3. The van der Waals surface area contributed by atoms with Crippen LogP contribution in [0.25, 0.3) is 0 Å². The third-order valence-corrected chi connectivity index (χ3v) is 3.00. The van der Waals surface area contributed by atoms with Gasteiger partial charge in [0.05, 0.1) is 31.8 Å². The first-order valence-corrected chi connectivity index (χ1v) is 6.33. The van der Waals surface area contributed by atoms with Gasteiger partial charge >= 0.3 is 0 Å². The number of aliphatic hydroxyl groups excluding tert-OH is 1. The maximum Gasteiger partial charge on any atom is 0.161 e. The van der Waals surface area contributed by atoms with Gasteiger partial charge in [0.1, 0.15) is 6.61 Å². The van der Waals surface area contributed by atoms with Gasteiger partial charge in [-0.15, -0.1) is 0 Å². The van der Waals surface area contributed by atoms with Crippen LogP contribution < -0.4 is 9.47 Å². The zero-order valence-corrected chi connectivity index (χ0v) is 10.7. The van der Waals surface area contributed by atoms with Crippen molar-refractivity contribution in [2.45, 2.75) is 13.3 Å². The van der Waals surface area contributed by atoms with Crippen LogP contribution in [0.5, 0.6) is 11.5 Å². The fourth-order valence-electron chi connectivity index (χ4n) is 1.74. The SMILES string of the molecule is CCCOc1ccccc1OCC1(CO)COC1. The van der Waals surface area contributed by atoms with Crippen molar-refractivity contribution in [1.29, 1.82) is 0 Å². The van der Waals surface area contributed by atoms with Crippen molar-refractivity contribution in [2.75, 3.05) is 33.0 Å². The summed E-state index contributed by atoms with van der Waals surface area (Å²) in [5.74, 6) is 1.48. The van der Waals surface area contributed by atoms with Crippen LogP contribution in [0.2, 0.25) is 0 Å². The van der Waals surface area contributed by atoms with Gasteiger partial charge in [0.15, 0.2) is 11.5 Å². The Morgan fingerprint density at radius 1 is 1.22 bits per heavy atom. The van der Waals surface area contributed by atoms with Crippen LogP contribution in [0.1, 0.15) is 13.3 Å². The molecular weight excluding hydrogens is 232 g/mol. The van der Waals surface area contributed by atoms with Crippen LogP contribution in [-0.4, -0.2) is 38.1 Å². The first-order valence-electron chi connectivity index (χ1n) is 6.33. The number of aliphatic hydroxyl groups is 1. The van der Waals surface area contributed by atoms with Crippen LogP contribution >= 0.6 is 0 Å². The van der Waals surface area contributed by atoms with Gasteiger partial charge < -0.3 is 19.3 Å². The molecule has 0 saturated carbocycles. The van der Waals surface area contributed by atoms with Crippen LogP contribution in [0.4, 0.5) is 0 Å². The van der Waals surface area contributed by atoms with Crippen molar-refractivity contribution in [3.05, 3.63) is 24.3 Å². The zero-order chi connectivity index (χ0) is 12.8. The van der Waals surface area contributed by atoms with Crippen molar-refractivity contribution < 1.29 is 19.3 Å². The van der Waals surface area contributed by atoms with Gasteiger partial charge in [-0.25, -0.2) is 0 Å². The van der Waals surface area contributed by atoms with Crippen LogP contribution in [0, 0.1) is 5.41 Å². The second-order valence-electron chi connectivity index (χ2n) is 4.73. The Morgan fingerprint density at radius 3 is 2.39 bits per heavy atom. The third-order valence-electron chi connectivity index (χ3n) is 3.00. The average Bonchev–Trinajstić information content (AvgIpc) is 2.37. The first-order chi connectivity index (χ1) is 8.79. The lowest BCUT2D eigenvalue weighted by Gasteiger charge is -2.39. The smallest absolute Gasteiger partial charge is 0.161 e. The lowest BCUT2D eigenvalue weighted by Crippen LogP contribution is -2.49. The molecule has 0 unspecified atom stereocenters. The van der Waals surface area contributed by atoms with Crippen molar-refractivity contribution in [1.82, 2.24) is 0 Å². The average molecular weight is 252 g/mol. The van der Waals surface area contributed by atoms with Crippen molar-refractivity contribution in [2.24, 2.45) is 5.41 Å². The Kier molecular flexibility index (Phi) is 4.44. The maximum absolute atomic E-state index is 9.33. The molecule has 1 aliphatic rings. The molecular formula is C14H20O4. The van der Waals surface area contributed by atoms with Crippen molar-refractivity contribution >= 4 is 0 Å². The quantitative estimate of drug-likeness (QED) is 0.804. The highest BCUT2D eigenvalue weighted by Gasteiger charge is 2.39. The normalized spacial score (nSPS) is 17.0. The lowest BCUT2D eigenvalue weighted by atomic mass is 9.88. The fourth-order valence-corrected chi connectivity index (χ4v) is 1.74. The molecule has 1 N–H and O–H groups in total. The molecule has 2 rings (SSSR count). The van der Waals surface area contributed by atoms with Crippen LogP contribution in [0.15, 0.2) is 24.3 Å². The van der Waals surface area contributed by atoms with Crippen LogP contribution in [-0.2, 0) is 4.74 Å². The Bertz CT molecular complexity index is 368. The minimum atomic E-state index is -0.238. The predicted octanol–water partition coefficient (Wildman–Crippen LogP) is 1.86. The number of para-hydroxylation sites is 2. The molecule has 1 aromatic rings. The van der Waals surface area contributed by atoms with Gasteiger partial charge in [-0.05, 0) is 18.6 Å². The van der Waals surface area contributed by atoms with Gasteiger partial charge in [0, 0.05) is 0 Å². The Labute approximate surface area is 107 Å². The van der Waals surface area contributed by atoms with E-state index in [1.807, 2.05) is 24.3 Å². The summed E-state index contributed by atoms with van der Waals surface area (Å²) in [6, 6.07) is 7.62. The highest BCUT2D eigenvalue weighted by molar-refractivity contribution is 5.39. The van der Waals surface area contributed by atoms with Gasteiger partial charge in [-0.3, -0.25) is 0 Å². The summed E-state index contributed by atoms with van der Waals surface area (Å²) in [5.41, 5.74) is -0.238. The lowest BCUT2D eigenvalue weighted by molar-refractivity contribution is -0.153. The molecule has 0 spiro atoms. The van der Waals surface area contributed by atoms with E-state index in [1.165, 1.54) is 0 Å². The highest BCUT2D eigenvalue weighted by Crippen LogP contribution is 2.31. The van der Waals surface area contributed by atoms with E-state index in [0.717, 1.165) is 17.9 Å². The Hall–Kier alpha value is -1.26. The van der Waals surface area contributed by atoms with Gasteiger partial charge in [-0.2, -0.15) is 0 Å². The number of hydrogen-bond donors (Lipinski definition) is 1. The molecule has 0 radical (unpaired) electrons. The second kappa shape index (κ2) is 6.07. The molecule has 0 amide bonds. The van der Waals surface area contributed by atoms with Gasteiger partial charge in [-0.1, -0.05) is 19.1 Å². The molecule has 100 valence electrons. The minimum absolute atomic E-state index is 0.0883. The van der Waals surface area contributed by atoms with E-state index in [4.69, 9.17) is 14.2 Å². The summed E-state index contributed by atoms with van der Waals surface area (Å²) in [6.45, 7) is 4.40. The molecule has 1 saturated heterocycles. The second-order valence-corrected chi connectivity index (χ2v) is 4.73. The predicted molar refractivity (Wildman–Crippen MR) is 68.1 cm³/mol. The molecule has 1 aliphatic heterocycles. The van der Waals surface area contributed by atoms with Gasteiger partial charge in [0.25, 0.3) is 0 Å². The van der Waals surface area contributed by atoms with Crippen LogP contribution in [0.3, 0.4) is 0 Å². The largest absolute Gasteiger partial charge is 0.490 e. The Morgan fingerprint density at radius 2 is 1.89 bits per heavy atom. The molecule has 0 aromatic heterocycles. The van der Waals surface area contributed by atoms with Crippen molar-refractivity contribution in [3.8, 4) is 11.5 Å². The minimum Gasteiger partial charge on any atom is -0.490 e. The number of benzene rings is 1. The maximum atomic E-state index is 9.33. The Balaban J connectivity index is 1.95. The molecule has 1 aromatic carbocycles. The topological polar surface area (TPSA) is 47.9 Å². The molecule has 0 bridgehead atoms. The van der Waals surface area contributed by atoms with E-state index >= 15 is 0 Å². The first kappa shape index (κ1) is 13.2. The molecule has 4 heteroatoms. The number of ether oxygens (including phenoxy) is 3. The number of rotatable bonds is 7. The third kappa shape index (κ3) is 2.94. The fraction of sp³-hybridized carbons (Fsp3) is 0.571. The summed E-state index contributed by atoms with van der Waals surface area (Å²) in [5, 5.41) is 9.33. The van der Waals surface area contributed by atoms with E-state index in [9.17, 15) is 5.11 Å². The molecule has 0 aliphatic carbocycles. The molecule has 18 heavy (non-hydrogen) atoms. The molecule has 0 atom stereocenters. The molecule has 4 nitrogen and oxygen atoms in total. The summed E-state index contributed by atoms with van der Waals surface area (Å²) in [7, 11) is 0. The summed E-state index contributed by atoms with van der Waals surface area (Å²) in [6.07, 6.45) is 0.961. The van der Waals surface area contributed by atoms with E-state index in [2.05, 4.69) is 6.92 Å². The summed E-state index contributed by atoms with van der Waals surface area (Å²) < 4.78 is 16.5. The van der Waals surface area contributed by atoms with E-state index < -0.39 is 0 Å².